The number of ether oxygens (including phenoxy) is 2. The second-order valence-electron chi connectivity index (χ2n) is 7.99. The summed E-state index contributed by atoms with van der Waals surface area (Å²) in [6.07, 6.45) is 12.3. The fourth-order valence-corrected chi connectivity index (χ4v) is 5.04. The molecule has 1 heterocycles. The van der Waals surface area contributed by atoms with Crippen LogP contribution in [0.15, 0.2) is 12.2 Å². The van der Waals surface area contributed by atoms with Crippen molar-refractivity contribution >= 4 is 0 Å². The molecule has 3 fully saturated rings. The van der Waals surface area contributed by atoms with Gasteiger partial charge in [-0.2, -0.15) is 8.78 Å². The Kier molecular flexibility index (Phi) is 7.08. The lowest BCUT2D eigenvalue weighted by Gasteiger charge is -2.40. The van der Waals surface area contributed by atoms with Gasteiger partial charge >= 0.3 is 0 Å². The van der Waals surface area contributed by atoms with Crippen LogP contribution < -0.4 is 0 Å². The summed E-state index contributed by atoms with van der Waals surface area (Å²) in [5.41, 5.74) is 0. The second-order valence-corrected chi connectivity index (χ2v) is 7.99. The van der Waals surface area contributed by atoms with Crippen LogP contribution in [-0.2, 0) is 9.47 Å². The van der Waals surface area contributed by atoms with E-state index in [9.17, 15) is 8.78 Å². The molecule has 3 aliphatic rings. The van der Waals surface area contributed by atoms with Crippen LogP contribution >= 0.6 is 0 Å². The van der Waals surface area contributed by atoms with Gasteiger partial charge in [0.25, 0.3) is 6.08 Å². The molecule has 138 valence electrons. The SMILES string of the molecule is FC(F)=CCCC1CCC(C2CCC(C3OCCCO3)CC2)CC1. The van der Waals surface area contributed by atoms with Gasteiger partial charge in [-0.1, -0.05) is 12.8 Å². The molecule has 2 nitrogen and oxygen atoms in total. The maximum absolute atomic E-state index is 12.1. The van der Waals surface area contributed by atoms with Crippen LogP contribution in [-0.4, -0.2) is 19.5 Å². The van der Waals surface area contributed by atoms with Crippen LogP contribution in [0.25, 0.3) is 0 Å². The van der Waals surface area contributed by atoms with Crippen LogP contribution in [0.4, 0.5) is 8.78 Å². The predicted molar refractivity (Wildman–Crippen MR) is 90.7 cm³/mol. The third kappa shape index (κ3) is 5.26. The first kappa shape index (κ1) is 18.3. The van der Waals surface area contributed by atoms with E-state index in [4.69, 9.17) is 9.47 Å². The van der Waals surface area contributed by atoms with Crippen molar-refractivity contribution in [1.29, 1.82) is 0 Å². The van der Waals surface area contributed by atoms with Gasteiger partial charge in [0.05, 0.1) is 13.2 Å². The van der Waals surface area contributed by atoms with E-state index in [2.05, 4.69) is 0 Å². The van der Waals surface area contributed by atoms with E-state index in [1.54, 1.807) is 0 Å². The fraction of sp³-hybridized carbons (Fsp3) is 0.900. The molecule has 0 aromatic carbocycles. The summed E-state index contributed by atoms with van der Waals surface area (Å²) in [4.78, 5) is 0. The highest BCUT2D eigenvalue weighted by molar-refractivity contribution is 4.85. The lowest BCUT2D eigenvalue weighted by molar-refractivity contribution is -0.211. The molecule has 1 saturated heterocycles. The average molecular weight is 342 g/mol. The molecule has 2 saturated carbocycles. The van der Waals surface area contributed by atoms with Crippen molar-refractivity contribution in [3.8, 4) is 0 Å². The first-order valence-electron chi connectivity index (χ1n) is 9.96. The summed E-state index contributed by atoms with van der Waals surface area (Å²) in [6.45, 7) is 1.71. The Morgan fingerprint density at radius 2 is 1.33 bits per heavy atom. The molecule has 0 aromatic heterocycles. The Labute approximate surface area is 145 Å². The highest BCUT2D eigenvalue weighted by Crippen LogP contribution is 2.43. The number of halogens is 2. The minimum absolute atomic E-state index is 0.0550. The van der Waals surface area contributed by atoms with E-state index < -0.39 is 6.08 Å². The maximum atomic E-state index is 12.1. The Morgan fingerprint density at radius 1 is 0.792 bits per heavy atom. The predicted octanol–water partition coefficient (Wildman–Crippen LogP) is 5.92. The van der Waals surface area contributed by atoms with Gasteiger partial charge < -0.3 is 9.47 Å². The zero-order chi connectivity index (χ0) is 16.8. The zero-order valence-corrected chi connectivity index (χ0v) is 14.7. The number of allylic oxidation sites excluding steroid dienone is 1. The summed E-state index contributed by atoms with van der Waals surface area (Å²) in [7, 11) is 0. The molecule has 3 rings (SSSR count). The molecule has 1 aliphatic heterocycles. The standard InChI is InChI=1S/C20H32F2O2/c21-19(22)4-1-3-15-5-7-16(8-6-15)17-9-11-18(12-10-17)20-23-13-2-14-24-20/h4,15-18,20H,1-3,5-14H2. The summed E-state index contributed by atoms with van der Waals surface area (Å²) in [5, 5.41) is 0. The van der Waals surface area contributed by atoms with Gasteiger partial charge in [-0.3, -0.25) is 0 Å². The van der Waals surface area contributed by atoms with E-state index in [1.165, 1.54) is 51.4 Å². The van der Waals surface area contributed by atoms with Crippen LogP contribution in [0.2, 0.25) is 0 Å². The highest BCUT2D eigenvalue weighted by atomic mass is 19.3. The van der Waals surface area contributed by atoms with E-state index in [-0.39, 0.29) is 6.29 Å². The number of rotatable bonds is 5. The molecule has 2 aliphatic carbocycles. The van der Waals surface area contributed by atoms with Gasteiger partial charge in [-0.15, -0.1) is 0 Å². The van der Waals surface area contributed by atoms with E-state index in [0.29, 0.717) is 18.3 Å². The summed E-state index contributed by atoms with van der Waals surface area (Å²) >= 11 is 0. The lowest BCUT2D eigenvalue weighted by atomic mass is 9.68. The molecule has 0 unspecified atom stereocenters. The fourth-order valence-electron chi connectivity index (χ4n) is 5.04. The van der Waals surface area contributed by atoms with E-state index in [1.807, 2.05) is 0 Å². The Hall–Kier alpha value is -0.480. The monoisotopic (exact) mass is 342 g/mol. The van der Waals surface area contributed by atoms with Crippen molar-refractivity contribution in [2.45, 2.75) is 76.9 Å². The average Bonchev–Trinajstić information content (AvgIpc) is 2.63. The van der Waals surface area contributed by atoms with Crippen molar-refractivity contribution in [3.05, 3.63) is 12.2 Å². The van der Waals surface area contributed by atoms with Gasteiger partial charge in [-0.25, -0.2) is 0 Å². The molecule has 0 bridgehead atoms. The molecule has 0 spiro atoms. The molecule has 0 radical (unpaired) electrons. The smallest absolute Gasteiger partial charge is 0.266 e. The Balaban J connectivity index is 1.35. The van der Waals surface area contributed by atoms with E-state index >= 15 is 0 Å². The number of hydrogen-bond acceptors (Lipinski definition) is 2. The molecule has 4 heteroatoms. The van der Waals surface area contributed by atoms with Gasteiger partial charge in [0.1, 0.15) is 0 Å². The van der Waals surface area contributed by atoms with Gasteiger partial charge in [0.15, 0.2) is 6.29 Å². The van der Waals surface area contributed by atoms with Crippen molar-refractivity contribution in [1.82, 2.24) is 0 Å². The van der Waals surface area contributed by atoms with Gasteiger partial charge in [-0.05, 0) is 81.6 Å². The van der Waals surface area contributed by atoms with Crippen LogP contribution in [0, 0.1) is 23.7 Å². The molecule has 0 N–H and O–H groups in total. The molecule has 0 amide bonds. The van der Waals surface area contributed by atoms with Crippen molar-refractivity contribution in [2.75, 3.05) is 13.2 Å². The minimum atomic E-state index is -1.52. The first-order valence-corrected chi connectivity index (χ1v) is 9.96. The van der Waals surface area contributed by atoms with Gasteiger partial charge in [0.2, 0.25) is 0 Å². The Bertz CT molecular complexity index is 386. The topological polar surface area (TPSA) is 18.5 Å². The lowest BCUT2D eigenvalue weighted by Crippen LogP contribution is -2.36. The number of hydrogen-bond donors (Lipinski definition) is 0. The zero-order valence-electron chi connectivity index (χ0n) is 14.7. The van der Waals surface area contributed by atoms with Crippen molar-refractivity contribution in [2.24, 2.45) is 23.7 Å². The van der Waals surface area contributed by atoms with Crippen molar-refractivity contribution in [3.63, 3.8) is 0 Å². The summed E-state index contributed by atoms with van der Waals surface area (Å²) < 4.78 is 35.8. The second kappa shape index (κ2) is 9.28. The molecule has 0 aromatic rings. The van der Waals surface area contributed by atoms with E-state index in [0.717, 1.165) is 44.0 Å². The molecule has 0 atom stereocenters. The molecule has 24 heavy (non-hydrogen) atoms. The quantitative estimate of drug-likeness (QED) is 0.617. The third-order valence-electron chi connectivity index (χ3n) is 6.49. The maximum Gasteiger partial charge on any atom is 0.266 e. The van der Waals surface area contributed by atoms with Crippen LogP contribution in [0.3, 0.4) is 0 Å². The summed E-state index contributed by atoms with van der Waals surface area (Å²) in [6, 6.07) is 0. The van der Waals surface area contributed by atoms with Gasteiger partial charge in [0, 0.05) is 5.92 Å². The van der Waals surface area contributed by atoms with Crippen LogP contribution in [0.1, 0.15) is 70.6 Å². The molecular formula is C20H32F2O2. The Morgan fingerprint density at radius 3 is 1.92 bits per heavy atom. The minimum Gasteiger partial charge on any atom is -0.352 e. The normalized spacial score (nSPS) is 35.6. The first-order chi connectivity index (χ1) is 11.7. The van der Waals surface area contributed by atoms with Crippen molar-refractivity contribution < 1.29 is 18.3 Å². The molecular weight excluding hydrogens is 310 g/mol. The largest absolute Gasteiger partial charge is 0.352 e. The highest BCUT2D eigenvalue weighted by Gasteiger charge is 2.34. The van der Waals surface area contributed by atoms with Crippen LogP contribution in [0.5, 0.6) is 0 Å². The summed E-state index contributed by atoms with van der Waals surface area (Å²) in [5.74, 6) is 3.00. The third-order valence-corrected chi connectivity index (χ3v) is 6.49.